The molecule has 2 aromatic carbocycles. The van der Waals surface area contributed by atoms with Crippen LogP contribution in [-0.4, -0.2) is 40.0 Å². The van der Waals surface area contributed by atoms with E-state index in [9.17, 15) is 9.59 Å². The number of hydrogen-bond donors (Lipinski definition) is 1. The topological polar surface area (TPSA) is 63.6 Å². The first kappa shape index (κ1) is 22.5. The number of methoxy groups -OCH3 is 1. The van der Waals surface area contributed by atoms with Crippen molar-refractivity contribution in [1.29, 1.82) is 0 Å². The molecule has 2 heterocycles. The number of amides is 2. The summed E-state index contributed by atoms with van der Waals surface area (Å²) in [7, 11) is 1.64. The molecule has 0 bridgehead atoms. The first-order valence-electron chi connectivity index (χ1n) is 12.2. The van der Waals surface area contributed by atoms with Crippen LogP contribution >= 0.6 is 0 Å². The van der Waals surface area contributed by atoms with Crippen molar-refractivity contribution in [2.24, 2.45) is 0 Å². The van der Waals surface area contributed by atoms with E-state index in [1.165, 1.54) is 12.0 Å². The fraction of sp³-hybridized carbons (Fsp3) is 0.429. The van der Waals surface area contributed by atoms with Gasteiger partial charge >= 0.3 is 0 Å². The summed E-state index contributed by atoms with van der Waals surface area (Å²) in [5.74, 6) is 0.537. The summed E-state index contributed by atoms with van der Waals surface area (Å²) >= 11 is 0. The molecule has 1 aromatic heterocycles. The Morgan fingerprint density at radius 1 is 1.09 bits per heavy atom. The van der Waals surface area contributed by atoms with Crippen LogP contribution in [0.5, 0.6) is 5.75 Å². The first-order valence-corrected chi connectivity index (χ1v) is 12.2. The molecule has 1 N–H and O–H groups in total. The van der Waals surface area contributed by atoms with Crippen LogP contribution in [0.1, 0.15) is 60.6 Å². The highest BCUT2D eigenvalue weighted by atomic mass is 16.5. The van der Waals surface area contributed by atoms with E-state index in [2.05, 4.69) is 5.32 Å². The Bertz CT molecular complexity index is 1220. The summed E-state index contributed by atoms with van der Waals surface area (Å²) in [6, 6.07) is 16.1. The molecular weight excluding hydrogens is 426 g/mol. The number of aryl methyl sites for hydroxylation is 1. The van der Waals surface area contributed by atoms with Crippen molar-refractivity contribution in [1.82, 2.24) is 14.8 Å². The van der Waals surface area contributed by atoms with E-state index in [0.29, 0.717) is 18.8 Å². The quantitative estimate of drug-likeness (QED) is 0.595. The molecule has 2 aliphatic rings. The van der Waals surface area contributed by atoms with Gasteiger partial charge < -0.3 is 19.5 Å². The van der Waals surface area contributed by atoms with E-state index in [1.54, 1.807) is 12.0 Å². The van der Waals surface area contributed by atoms with Crippen molar-refractivity contribution in [3.63, 3.8) is 0 Å². The van der Waals surface area contributed by atoms with E-state index in [0.717, 1.165) is 47.9 Å². The van der Waals surface area contributed by atoms with E-state index < -0.39 is 5.54 Å². The van der Waals surface area contributed by atoms with Gasteiger partial charge in [-0.2, -0.15) is 0 Å². The van der Waals surface area contributed by atoms with Gasteiger partial charge in [0.25, 0.3) is 5.91 Å². The molecule has 0 unspecified atom stereocenters. The molecule has 6 heteroatoms. The average molecular weight is 460 g/mol. The van der Waals surface area contributed by atoms with Crippen molar-refractivity contribution >= 4 is 22.7 Å². The van der Waals surface area contributed by atoms with Crippen LogP contribution in [0.15, 0.2) is 48.5 Å². The molecule has 0 spiro atoms. The van der Waals surface area contributed by atoms with Crippen molar-refractivity contribution in [2.45, 2.75) is 70.6 Å². The summed E-state index contributed by atoms with van der Waals surface area (Å²) in [6.07, 6.45) is 5.51. The van der Waals surface area contributed by atoms with Crippen molar-refractivity contribution in [3.8, 4) is 5.75 Å². The highest BCUT2D eigenvalue weighted by molar-refractivity contribution is 6.03. The Labute approximate surface area is 200 Å². The molecule has 0 saturated heterocycles. The van der Waals surface area contributed by atoms with Crippen LogP contribution in [0.2, 0.25) is 0 Å². The van der Waals surface area contributed by atoms with Gasteiger partial charge in [-0.25, -0.2) is 0 Å². The first-order chi connectivity index (χ1) is 16.4. The number of nitrogens with zero attached hydrogens (tertiary/aromatic N) is 2. The van der Waals surface area contributed by atoms with Gasteiger partial charge in [-0.1, -0.05) is 49.1 Å². The normalized spacial score (nSPS) is 20.9. The zero-order chi connectivity index (χ0) is 23.9. The zero-order valence-corrected chi connectivity index (χ0v) is 20.3. The van der Waals surface area contributed by atoms with Gasteiger partial charge in [0.15, 0.2) is 0 Å². The molecule has 1 atom stereocenters. The number of fused-ring (bicyclic) bond motifs is 3. The Kier molecular flexibility index (Phi) is 5.84. The lowest BCUT2D eigenvalue weighted by Gasteiger charge is -2.45. The van der Waals surface area contributed by atoms with E-state index in [-0.39, 0.29) is 17.9 Å². The molecule has 1 aliphatic carbocycles. The van der Waals surface area contributed by atoms with Crippen molar-refractivity contribution in [2.75, 3.05) is 7.11 Å². The van der Waals surface area contributed by atoms with Crippen molar-refractivity contribution in [3.05, 3.63) is 65.4 Å². The maximum atomic E-state index is 13.9. The fourth-order valence-electron chi connectivity index (χ4n) is 5.37. The smallest absolute Gasteiger partial charge is 0.271 e. The number of ether oxygens (including phenoxy) is 1. The third-order valence-electron chi connectivity index (χ3n) is 7.53. The molecule has 1 fully saturated rings. The van der Waals surface area contributed by atoms with Crippen LogP contribution in [0.25, 0.3) is 10.9 Å². The minimum absolute atomic E-state index is 0.0738. The van der Waals surface area contributed by atoms with Crippen LogP contribution in [0, 0.1) is 6.92 Å². The molecule has 1 aliphatic heterocycles. The summed E-state index contributed by atoms with van der Waals surface area (Å²) in [5.41, 5.74) is 2.69. The Hall–Kier alpha value is -3.28. The van der Waals surface area contributed by atoms with Gasteiger partial charge in [0.05, 0.1) is 19.2 Å². The minimum atomic E-state index is -1.01. The van der Waals surface area contributed by atoms with Gasteiger partial charge in [0, 0.05) is 24.0 Å². The molecule has 1 saturated carbocycles. The molecule has 178 valence electrons. The van der Waals surface area contributed by atoms with Gasteiger partial charge in [-0.3, -0.25) is 9.59 Å². The van der Waals surface area contributed by atoms with E-state index in [4.69, 9.17) is 4.74 Å². The second-order valence-electron chi connectivity index (χ2n) is 10.00. The fourth-order valence-corrected chi connectivity index (χ4v) is 5.37. The lowest BCUT2D eigenvalue weighted by molar-refractivity contribution is -0.134. The molecule has 5 rings (SSSR count). The molecular formula is C28H33N3O3. The Morgan fingerprint density at radius 2 is 1.82 bits per heavy atom. The predicted octanol–water partition coefficient (Wildman–Crippen LogP) is 4.82. The summed E-state index contributed by atoms with van der Waals surface area (Å²) in [5, 5.41) is 4.27. The summed E-state index contributed by atoms with van der Waals surface area (Å²) < 4.78 is 7.42. The van der Waals surface area contributed by atoms with Crippen molar-refractivity contribution < 1.29 is 14.3 Å². The van der Waals surface area contributed by atoms with E-state index >= 15 is 0 Å². The molecule has 0 radical (unpaired) electrons. The average Bonchev–Trinajstić information content (AvgIpc) is 3.21. The lowest BCUT2D eigenvalue weighted by atomic mass is 9.91. The third kappa shape index (κ3) is 3.95. The van der Waals surface area contributed by atoms with E-state index in [1.807, 2.05) is 66.9 Å². The summed E-state index contributed by atoms with van der Waals surface area (Å²) in [4.78, 5) is 29.5. The number of rotatable bonds is 5. The lowest BCUT2D eigenvalue weighted by Crippen LogP contribution is -2.64. The number of carbonyl (C=O) groups is 2. The van der Waals surface area contributed by atoms with Crippen LogP contribution in [0.4, 0.5) is 0 Å². The predicted molar refractivity (Wildman–Crippen MR) is 133 cm³/mol. The van der Waals surface area contributed by atoms with Crippen LogP contribution in [0.3, 0.4) is 0 Å². The monoisotopic (exact) mass is 459 g/mol. The van der Waals surface area contributed by atoms with Gasteiger partial charge in [-0.15, -0.1) is 0 Å². The Balaban J connectivity index is 1.56. The summed E-state index contributed by atoms with van der Waals surface area (Å²) in [6.45, 7) is 4.74. The SMILES string of the molecule is COc1ccc2cc3n(c2c1)C[C@](C)(C(=O)NC1CCCCC1)N(Cc1ccc(C)cc1)C3=O. The third-order valence-corrected chi connectivity index (χ3v) is 7.53. The highest BCUT2D eigenvalue weighted by Gasteiger charge is 2.48. The Morgan fingerprint density at radius 3 is 2.53 bits per heavy atom. The number of aromatic nitrogens is 1. The molecule has 3 aromatic rings. The van der Waals surface area contributed by atoms with Gasteiger partial charge in [0.2, 0.25) is 5.91 Å². The second kappa shape index (κ2) is 8.82. The van der Waals surface area contributed by atoms with Gasteiger partial charge in [0.1, 0.15) is 17.0 Å². The van der Waals surface area contributed by atoms with Crippen LogP contribution < -0.4 is 10.1 Å². The maximum absolute atomic E-state index is 13.9. The van der Waals surface area contributed by atoms with Gasteiger partial charge in [-0.05, 0) is 50.5 Å². The number of benzene rings is 2. The minimum Gasteiger partial charge on any atom is -0.497 e. The largest absolute Gasteiger partial charge is 0.497 e. The second-order valence-corrected chi connectivity index (χ2v) is 10.00. The maximum Gasteiger partial charge on any atom is 0.271 e. The van der Waals surface area contributed by atoms with Crippen LogP contribution in [-0.2, 0) is 17.9 Å². The number of hydrogen-bond acceptors (Lipinski definition) is 3. The number of nitrogens with one attached hydrogen (secondary N) is 1. The molecule has 2 amide bonds. The highest BCUT2D eigenvalue weighted by Crippen LogP contribution is 2.35. The standard InChI is InChI=1S/C28H33N3O3/c1-19-9-11-20(12-10-19)17-31-26(32)25-15-21-13-14-23(34-3)16-24(21)30(25)18-28(31,2)27(33)29-22-7-5-4-6-8-22/h9-16,22H,4-8,17-18H2,1-3H3,(H,29,33)/t28-/m1/s1. The number of carbonyl (C=O) groups excluding carboxylic acids is 2. The molecule has 6 nitrogen and oxygen atoms in total. The zero-order valence-electron chi connectivity index (χ0n) is 20.3. The molecule has 34 heavy (non-hydrogen) atoms.